The lowest BCUT2D eigenvalue weighted by Crippen LogP contribution is -2.38. The van der Waals surface area contributed by atoms with E-state index in [9.17, 15) is 13.2 Å². The number of imidazole rings is 1. The number of hydrogen-bond donors (Lipinski definition) is 1. The number of nitrogens with one attached hydrogen (secondary N) is 1. The highest BCUT2D eigenvalue weighted by atomic mass is 32.2. The average Bonchev–Trinajstić information content (AvgIpc) is 3.17. The summed E-state index contributed by atoms with van der Waals surface area (Å²) in [5, 5.41) is 0. The van der Waals surface area contributed by atoms with E-state index in [1.807, 2.05) is 24.3 Å². The Labute approximate surface area is 163 Å². The number of piperidine rings is 1. The number of ether oxygens (including phenoxy) is 1. The maximum absolute atomic E-state index is 12.9. The molecule has 2 aromatic carbocycles. The van der Waals surface area contributed by atoms with Gasteiger partial charge in [0.05, 0.1) is 28.6 Å². The number of carbonyl (C=O) groups is 1. The Bertz CT molecular complexity index is 1060. The second-order valence-electron chi connectivity index (χ2n) is 6.83. The van der Waals surface area contributed by atoms with Gasteiger partial charge in [-0.25, -0.2) is 18.2 Å². The van der Waals surface area contributed by atoms with Crippen molar-refractivity contribution in [2.45, 2.75) is 23.7 Å². The van der Waals surface area contributed by atoms with E-state index < -0.39 is 16.0 Å². The van der Waals surface area contributed by atoms with Gasteiger partial charge in [-0.2, -0.15) is 4.31 Å². The highest BCUT2D eigenvalue weighted by Gasteiger charge is 2.31. The maximum Gasteiger partial charge on any atom is 0.337 e. The summed E-state index contributed by atoms with van der Waals surface area (Å²) < 4.78 is 32.0. The van der Waals surface area contributed by atoms with Crippen LogP contribution in [0.25, 0.3) is 11.0 Å². The molecule has 1 saturated heterocycles. The molecule has 0 aliphatic carbocycles. The van der Waals surface area contributed by atoms with Gasteiger partial charge in [-0.15, -0.1) is 0 Å². The number of methoxy groups -OCH3 is 1. The van der Waals surface area contributed by atoms with Crippen molar-refractivity contribution in [3.05, 3.63) is 59.9 Å². The van der Waals surface area contributed by atoms with E-state index in [4.69, 9.17) is 0 Å². The Morgan fingerprint density at radius 3 is 2.43 bits per heavy atom. The van der Waals surface area contributed by atoms with Crippen LogP contribution in [0.3, 0.4) is 0 Å². The second-order valence-corrected chi connectivity index (χ2v) is 8.77. The van der Waals surface area contributed by atoms with Gasteiger partial charge in [0.25, 0.3) is 0 Å². The van der Waals surface area contributed by atoms with E-state index >= 15 is 0 Å². The lowest BCUT2D eigenvalue weighted by molar-refractivity contribution is 0.0600. The topological polar surface area (TPSA) is 92.4 Å². The summed E-state index contributed by atoms with van der Waals surface area (Å²) in [6, 6.07) is 13.7. The fourth-order valence-electron chi connectivity index (χ4n) is 3.57. The van der Waals surface area contributed by atoms with E-state index in [2.05, 4.69) is 14.7 Å². The zero-order valence-corrected chi connectivity index (χ0v) is 16.3. The Kier molecular flexibility index (Phi) is 4.91. The molecular formula is C20H21N3O4S. The number of aromatic amines is 1. The molecule has 0 spiro atoms. The van der Waals surface area contributed by atoms with Crippen LogP contribution in [0.15, 0.2) is 53.4 Å². The predicted molar refractivity (Wildman–Crippen MR) is 105 cm³/mol. The number of benzene rings is 2. The molecule has 146 valence electrons. The van der Waals surface area contributed by atoms with E-state index in [0.29, 0.717) is 31.5 Å². The van der Waals surface area contributed by atoms with Crippen LogP contribution in [0.5, 0.6) is 0 Å². The minimum atomic E-state index is -3.59. The molecule has 0 amide bonds. The first-order valence-electron chi connectivity index (χ1n) is 9.12. The third kappa shape index (κ3) is 3.41. The lowest BCUT2D eigenvalue weighted by Gasteiger charge is -2.30. The van der Waals surface area contributed by atoms with Gasteiger partial charge in [-0.05, 0) is 49.2 Å². The largest absolute Gasteiger partial charge is 0.465 e. The van der Waals surface area contributed by atoms with E-state index in [1.54, 1.807) is 0 Å². The van der Waals surface area contributed by atoms with Gasteiger partial charge in [0.2, 0.25) is 10.0 Å². The van der Waals surface area contributed by atoms with Crippen molar-refractivity contribution in [1.29, 1.82) is 0 Å². The number of aromatic nitrogens is 2. The molecule has 1 N–H and O–H groups in total. The smallest absolute Gasteiger partial charge is 0.337 e. The summed E-state index contributed by atoms with van der Waals surface area (Å²) in [6.45, 7) is 0.867. The molecule has 3 aromatic rings. The Morgan fingerprint density at radius 2 is 1.79 bits per heavy atom. The first-order valence-corrected chi connectivity index (χ1v) is 10.6. The van der Waals surface area contributed by atoms with Gasteiger partial charge in [-0.1, -0.05) is 12.1 Å². The second kappa shape index (κ2) is 7.37. The van der Waals surface area contributed by atoms with Gasteiger partial charge < -0.3 is 9.72 Å². The van der Waals surface area contributed by atoms with Crippen LogP contribution >= 0.6 is 0 Å². The average molecular weight is 399 g/mol. The molecule has 0 bridgehead atoms. The molecule has 1 fully saturated rings. The fourth-order valence-corrected chi connectivity index (χ4v) is 5.04. The molecule has 0 unspecified atom stereocenters. The third-order valence-corrected chi connectivity index (χ3v) is 7.07. The summed E-state index contributed by atoms with van der Waals surface area (Å²) in [6.07, 6.45) is 1.42. The molecule has 2 heterocycles. The van der Waals surface area contributed by atoms with Crippen molar-refractivity contribution in [1.82, 2.24) is 14.3 Å². The zero-order chi connectivity index (χ0) is 19.7. The normalized spacial score (nSPS) is 16.3. The number of sulfonamides is 1. The van der Waals surface area contributed by atoms with Crippen LogP contribution in [0.4, 0.5) is 0 Å². The van der Waals surface area contributed by atoms with Crippen LogP contribution in [-0.4, -0.2) is 48.9 Å². The monoisotopic (exact) mass is 399 g/mol. The van der Waals surface area contributed by atoms with Crippen LogP contribution in [0.2, 0.25) is 0 Å². The molecule has 0 radical (unpaired) electrons. The van der Waals surface area contributed by atoms with Crippen LogP contribution < -0.4 is 0 Å². The quantitative estimate of drug-likeness (QED) is 0.681. The van der Waals surface area contributed by atoms with Crippen molar-refractivity contribution in [3.63, 3.8) is 0 Å². The summed E-state index contributed by atoms with van der Waals surface area (Å²) in [7, 11) is -2.30. The van der Waals surface area contributed by atoms with Crippen LogP contribution in [0.1, 0.15) is 34.9 Å². The van der Waals surface area contributed by atoms with Gasteiger partial charge in [-0.3, -0.25) is 0 Å². The van der Waals surface area contributed by atoms with Gasteiger partial charge in [0.1, 0.15) is 5.82 Å². The summed E-state index contributed by atoms with van der Waals surface area (Å²) in [4.78, 5) is 19.7. The molecule has 0 saturated carbocycles. The summed E-state index contributed by atoms with van der Waals surface area (Å²) >= 11 is 0. The van der Waals surface area contributed by atoms with E-state index in [0.717, 1.165) is 16.9 Å². The zero-order valence-electron chi connectivity index (χ0n) is 15.5. The molecule has 1 aromatic heterocycles. The van der Waals surface area contributed by atoms with Crippen molar-refractivity contribution in [3.8, 4) is 0 Å². The van der Waals surface area contributed by atoms with Crippen LogP contribution in [0, 0.1) is 0 Å². The molecule has 28 heavy (non-hydrogen) atoms. The highest BCUT2D eigenvalue weighted by molar-refractivity contribution is 7.89. The Balaban J connectivity index is 1.47. The van der Waals surface area contributed by atoms with Crippen molar-refractivity contribution >= 4 is 27.0 Å². The first kappa shape index (κ1) is 18.6. The number of nitrogens with zero attached hydrogens (tertiary/aromatic N) is 2. The molecule has 7 nitrogen and oxygen atoms in total. The fraction of sp³-hybridized carbons (Fsp3) is 0.300. The van der Waals surface area contributed by atoms with Gasteiger partial charge in [0.15, 0.2) is 0 Å². The Morgan fingerprint density at radius 1 is 1.11 bits per heavy atom. The molecule has 0 atom stereocenters. The number of hydrogen-bond acceptors (Lipinski definition) is 5. The third-order valence-electron chi connectivity index (χ3n) is 5.16. The number of esters is 1. The SMILES string of the molecule is COC(=O)c1ccc(S(=O)(=O)N2CCC(c3nc4ccccc4[nH]3)CC2)cc1. The van der Waals surface area contributed by atoms with E-state index in [1.165, 1.54) is 35.7 Å². The first-order chi connectivity index (χ1) is 13.5. The molecule has 8 heteroatoms. The molecule has 1 aliphatic rings. The maximum atomic E-state index is 12.9. The highest BCUT2D eigenvalue weighted by Crippen LogP contribution is 2.30. The lowest BCUT2D eigenvalue weighted by atomic mass is 9.97. The van der Waals surface area contributed by atoms with Crippen molar-refractivity contribution in [2.75, 3.05) is 20.2 Å². The van der Waals surface area contributed by atoms with E-state index in [-0.39, 0.29) is 10.8 Å². The Hall–Kier alpha value is -2.71. The molecule has 4 rings (SSSR count). The number of rotatable bonds is 4. The summed E-state index contributed by atoms with van der Waals surface area (Å²) in [5.41, 5.74) is 2.25. The van der Waals surface area contributed by atoms with Crippen molar-refractivity contribution in [2.24, 2.45) is 0 Å². The predicted octanol–water partition coefficient (Wildman–Crippen LogP) is 2.92. The summed E-state index contributed by atoms with van der Waals surface area (Å²) in [5.74, 6) is 0.636. The van der Waals surface area contributed by atoms with Gasteiger partial charge in [0, 0.05) is 19.0 Å². The number of H-pyrrole nitrogens is 1. The minimum absolute atomic E-state index is 0.183. The standard InChI is InChI=1S/C20H21N3O4S/c1-27-20(24)15-6-8-16(9-7-15)28(25,26)23-12-10-14(11-13-23)19-21-17-4-2-3-5-18(17)22-19/h2-9,14H,10-13H2,1H3,(H,21,22). The van der Waals surface area contributed by atoms with Gasteiger partial charge >= 0.3 is 5.97 Å². The molecular weight excluding hydrogens is 378 g/mol. The minimum Gasteiger partial charge on any atom is -0.465 e. The molecule has 1 aliphatic heterocycles. The van der Waals surface area contributed by atoms with Crippen LogP contribution in [-0.2, 0) is 14.8 Å². The van der Waals surface area contributed by atoms with Crippen molar-refractivity contribution < 1.29 is 17.9 Å². The number of para-hydroxylation sites is 2. The number of carbonyl (C=O) groups excluding carboxylic acids is 1. The number of fused-ring (bicyclic) bond motifs is 1.